The third-order valence-corrected chi connectivity index (χ3v) is 8.69. The van der Waals surface area contributed by atoms with Crippen LogP contribution in [0.15, 0.2) is 109 Å². The maximum Gasteiger partial charge on any atom is 0.281 e. The van der Waals surface area contributed by atoms with E-state index < -0.39 is 8.32 Å². The van der Waals surface area contributed by atoms with E-state index in [9.17, 15) is 0 Å². The van der Waals surface area contributed by atoms with Crippen molar-refractivity contribution >= 4 is 24.3 Å². The molecule has 142 valence electrons. The van der Waals surface area contributed by atoms with Gasteiger partial charge in [-0.3, -0.25) is 0 Å². The van der Waals surface area contributed by atoms with Gasteiger partial charge in [0.15, 0.2) is 0 Å². The zero-order chi connectivity index (χ0) is 19.8. The van der Waals surface area contributed by atoms with Crippen molar-refractivity contribution in [3.8, 4) is 0 Å². The minimum atomic E-state index is -2.60. The first-order valence-corrected chi connectivity index (χ1v) is 11.8. The summed E-state index contributed by atoms with van der Waals surface area (Å²) in [5, 5.41) is 2.51. The van der Waals surface area contributed by atoms with Crippen molar-refractivity contribution in [1.29, 1.82) is 0 Å². The molecule has 0 saturated heterocycles. The minimum absolute atomic E-state index is 0.115. The highest BCUT2D eigenvalue weighted by atomic mass is 28.4. The van der Waals surface area contributed by atoms with Crippen LogP contribution in [0, 0.1) is 0 Å². The van der Waals surface area contributed by atoms with Gasteiger partial charge in [0, 0.05) is 6.10 Å². The van der Waals surface area contributed by atoms with Crippen LogP contribution in [0.1, 0.15) is 25.8 Å². The van der Waals surface area contributed by atoms with Gasteiger partial charge in [-0.05, 0) is 41.8 Å². The van der Waals surface area contributed by atoms with E-state index in [4.69, 9.17) is 4.43 Å². The molecule has 0 fully saturated rings. The lowest BCUT2D eigenvalue weighted by molar-refractivity contribution is 0.244. The van der Waals surface area contributed by atoms with Crippen LogP contribution in [0.5, 0.6) is 0 Å². The molecule has 0 unspecified atom stereocenters. The Hall–Kier alpha value is -2.68. The molecule has 0 heterocycles. The van der Waals surface area contributed by atoms with Crippen LogP contribution in [-0.4, -0.2) is 14.4 Å². The van der Waals surface area contributed by atoms with Gasteiger partial charge in [-0.1, -0.05) is 103 Å². The molecule has 0 bridgehead atoms. The Labute approximate surface area is 170 Å². The molecule has 0 saturated carbocycles. The van der Waals surface area contributed by atoms with Crippen molar-refractivity contribution in [3.63, 3.8) is 0 Å². The van der Waals surface area contributed by atoms with Gasteiger partial charge in [0.25, 0.3) is 8.32 Å². The minimum Gasteiger partial charge on any atom is -0.402 e. The highest BCUT2D eigenvalue weighted by Crippen LogP contribution is 2.24. The molecule has 3 aromatic carbocycles. The van der Waals surface area contributed by atoms with Gasteiger partial charge in [0.05, 0.1) is 0 Å². The fourth-order valence-electron chi connectivity index (χ4n) is 3.56. The summed E-state index contributed by atoms with van der Waals surface area (Å²) < 4.78 is 6.84. The van der Waals surface area contributed by atoms with E-state index in [1.807, 2.05) is 6.08 Å². The van der Waals surface area contributed by atoms with E-state index >= 15 is 0 Å². The summed E-state index contributed by atoms with van der Waals surface area (Å²) in [6.07, 6.45) is 2.90. The molecule has 0 aromatic heterocycles. The van der Waals surface area contributed by atoms with E-state index in [1.54, 1.807) is 0 Å². The van der Waals surface area contributed by atoms with Gasteiger partial charge in [0.1, 0.15) is 0 Å². The predicted molar refractivity (Wildman–Crippen MR) is 123 cm³/mol. The largest absolute Gasteiger partial charge is 0.402 e. The average Bonchev–Trinajstić information content (AvgIpc) is 2.74. The summed E-state index contributed by atoms with van der Waals surface area (Å²) >= 11 is 0. The molecule has 0 N–H and O–H groups in total. The normalized spacial score (nSPS) is 12.2. The number of rotatable bonds is 8. The first kappa shape index (κ1) is 20.1. The monoisotopic (exact) mass is 384 g/mol. The molecular formula is C26H28OSi. The lowest BCUT2D eigenvalue weighted by Gasteiger charge is -2.32. The third kappa shape index (κ3) is 4.59. The molecule has 0 aliphatic heterocycles. The molecule has 2 heteroatoms. The van der Waals surface area contributed by atoms with Gasteiger partial charge < -0.3 is 4.43 Å². The van der Waals surface area contributed by atoms with Gasteiger partial charge in [-0.25, -0.2) is 0 Å². The highest BCUT2D eigenvalue weighted by Gasteiger charge is 2.39. The molecule has 0 aliphatic rings. The van der Waals surface area contributed by atoms with Crippen molar-refractivity contribution in [2.75, 3.05) is 0 Å². The molecule has 0 atom stereocenters. The van der Waals surface area contributed by atoms with E-state index in [1.165, 1.54) is 21.5 Å². The second-order valence-corrected chi connectivity index (χ2v) is 10.3. The molecule has 0 amide bonds. The molecule has 0 spiro atoms. The molecule has 0 radical (unpaired) electrons. The first-order valence-electron chi connectivity index (χ1n) is 9.82. The van der Waals surface area contributed by atoms with Gasteiger partial charge in [-0.15, -0.1) is 6.58 Å². The van der Waals surface area contributed by atoms with Crippen LogP contribution in [0.4, 0.5) is 0 Å². The van der Waals surface area contributed by atoms with Crippen molar-refractivity contribution in [1.82, 2.24) is 0 Å². The van der Waals surface area contributed by atoms with E-state index in [2.05, 4.69) is 117 Å². The third-order valence-electron chi connectivity index (χ3n) is 4.71. The zero-order valence-corrected chi connectivity index (χ0v) is 17.7. The van der Waals surface area contributed by atoms with Gasteiger partial charge in [0.2, 0.25) is 0 Å². The number of hydrogen-bond donors (Lipinski definition) is 0. The van der Waals surface area contributed by atoms with Gasteiger partial charge >= 0.3 is 0 Å². The van der Waals surface area contributed by atoms with Crippen LogP contribution < -0.4 is 10.4 Å². The Bertz CT molecular complexity index is 859. The van der Waals surface area contributed by atoms with E-state index in [0.717, 1.165) is 6.42 Å². The molecule has 3 rings (SSSR count). The molecule has 1 nitrogen and oxygen atoms in total. The Kier molecular flexibility index (Phi) is 6.80. The molecule has 28 heavy (non-hydrogen) atoms. The maximum absolute atomic E-state index is 6.84. The van der Waals surface area contributed by atoms with Crippen LogP contribution in [0.2, 0.25) is 0 Å². The summed E-state index contributed by atoms with van der Waals surface area (Å²) in [7, 11) is -2.60. The Balaban J connectivity index is 2.29. The SMILES string of the molecule is C=CC/C(=C/[Si](OC(C)C)(c1ccccc1)c1ccccc1)c1ccccc1. The number of hydrogen-bond acceptors (Lipinski definition) is 1. The summed E-state index contributed by atoms with van der Waals surface area (Å²) in [5.74, 6) is 0. The fraction of sp³-hybridized carbons (Fsp3) is 0.154. The van der Waals surface area contributed by atoms with Gasteiger partial charge in [-0.2, -0.15) is 0 Å². The molecule has 3 aromatic rings. The van der Waals surface area contributed by atoms with Crippen LogP contribution in [0.3, 0.4) is 0 Å². The summed E-state index contributed by atoms with van der Waals surface area (Å²) in [6, 6.07) is 31.9. The first-order chi connectivity index (χ1) is 13.7. The standard InChI is InChI=1S/C26H28OSi/c1-4-14-24(23-15-8-5-9-16-23)21-28(27-22(2)3,25-17-10-6-11-18-25)26-19-12-7-13-20-26/h4-13,15-22H,1,14H2,2-3H3/b24-21-. The predicted octanol–water partition coefficient (Wildman–Crippen LogP) is 5.37. The topological polar surface area (TPSA) is 9.23 Å². The summed E-state index contributed by atoms with van der Waals surface area (Å²) in [5.41, 5.74) is 4.89. The van der Waals surface area contributed by atoms with Crippen LogP contribution in [0.25, 0.3) is 5.57 Å². The Morgan fingerprint density at radius 1 is 0.821 bits per heavy atom. The molecular weight excluding hydrogens is 356 g/mol. The van der Waals surface area contributed by atoms with E-state index in [-0.39, 0.29) is 6.10 Å². The van der Waals surface area contributed by atoms with Crippen LogP contribution >= 0.6 is 0 Å². The highest BCUT2D eigenvalue weighted by molar-refractivity contribution is 7.01. The lowest BCUT2D eigenvalue weighted by Crippen LogP contribution is -2.61. The number of benzene rings is 3. The Morgan fingerprint density at radius 3 is 1.71 bits per heavy atom. The second kappa shape index (κ2) is 9.49. The summed E-state index contributed by atoms with van der Waals surface area (Å²) in [4.78, 5) is 0. The van der Waals surface area contributed by atoms with Crippen molar-refractivity contribution < 1.29 is 4.43 Å². The van der Waals surface area contributed by atoms with Crippen molar-refractivity contribution in [3.05, 3.63) is 115 Å². The maximum atomic E-state index is 6.84. The fourth-order valence-corrected chi connectivity index (χ4v) is 7.46. The van der Waals surface area contributed by atoms with Crippen LogP contribution in [-0.2, 0) is 4.43 Å². The molecule has 0 aliphatic carbocycles. The quantitative estimate of drug-likeness (QED) is 0.375. The smallest absolute Gasteiger partial charge is 0.281 e. The Morgan fingerprint density at radius 2 is 1.29 bits per heavy atom. The van der Waals surface area contributed by atoms with Crippen molar-refractivity contribution in [2.24, 2.45) is 0 Å². The zero-order valence-electron chi connectivity index (χ0n) is 16.7. The lowest BCUT2D eigenvalue weighted by atomic mass is 10.1. The second-order valence-electron chi connectivity index (χ2n) is 7.16. The number of allylic oxidation sites excluding steroid dienone is 2. The van der Waals surface area contributed by atoms with Crippen molar-refractivity contribution in [2.45, 2.75) is 26.4 Å². The summed E-state index contributed by atoms with van der Waals surface area (Å²) in [6.45, 7) is 8.24. The van der Waals surface area contributed by atoms with E-state index in [0.29, 0.717) is 0 Å². The average molecular weight is 385 g/mol.